The highest BCUT2D eigenvalue weighted by molar-refractivity contribution is 7.99. The number of carbonyl (C=O) groups is 2. The van der Waals surface area contributed by atoms with Crippen molar-refractivity contribution in [2.24, 2.45) is 0 Å². The molecule has 0 saturated carbocycles. The number of nitrogens with zero attached hydrogens (tertiary/aromatic N) is 3. The Morgan fingerprint density at radius 3 is 2.11 bits per heavy atom. The SMILES string of the molecule is CC(C)(C)OC(=O)N1CCN(C(=O)c2c(Sc3ccccc3Cl)n(-c3ccccc3)c3ccccc23)CC1. The summed E-state index contributed by atoms with van der Waals surface area (Å²) >= 11 is 8.06. The Labute approximate surface area is 232 Å². The number of piperazine rings is 1. The van der Waals surface area contributed by atoms with E-state index in [1.807, 2.05) is 105 Å². The molecule has 0 atom stereocenters. The van der Waals surface area contributed by atoms with Gasteiger partial charge in [0, 0.05) is 42.1 Å². The Hall–Kier alpha value is -3.42. The van der Waals surface area contributed by atoms with Crippen LogP contribution in [0.25, 0.3) is 16.6 Å². The molecule has 0 unspecified atom stereocenters. The molecule has 5 rings (SSSR count). The number of ether oxygens (including phenoxy) is 1. The summed E-state index contributed by atoms with van der Waals surface area (Å²) in [6.45, 7) is 7.26. The number of rotatable bonds is 4. The summed E-state index contributed by atoms with van der Waals surface area (Å²) in [7, 11) is 0. The lowest BCUT2D eigenvalue weighted by atomic mass is 10.1. The molecule has 0 spiro atoms. The molecular formula is C30H30ClN3O3S. The lowest BCUT2D eigenvalue weighted by molar-refractivity contribution is 0.0140. The van der Waals surface area contributed by atoms with Gasteiger partial charge in [0.25, 0.3) is 5.91 Å². The molecule has 0 bridgehead atoms. The van der Waals surface area contributed by atoms with Gasteiger partial charge in [-0.05, 0) is 51.1 Å². The van der Waals surface area contributed by atoms with Gasteiger partial charge in [-0.25, -0.2) is 4.79 Å². The van der Waals surface area contributed by atoms with Crippen LogP contribution in [0, 0.1) is 0 Å². The smallest absolute Gasteiger partial charge is 0.410 e. The number of fused-ring (bicyclic) bond motifs is 1. The van der Waals surface area contributed by atoms with Gasteiger partial charge in [-0.2, -0.15) is 0 Å². The van der Waals surface area contributed by atoms with Crippen LogP contribution >= 0.6 is 23.4 Å². The molecule has 2 amide bonds. The van der Waals surface area contributed by atoms with Crippen molar-refractivity contribution < 1.29 is 14.3 Å². The Kier molecular flexibility index (Phi) is 7.41. The minimum absolute atomic E-state index is 0.0609. The number of hydrogen-bond acceptors (Lipinski definition) is 4. The first-order valence-corrected chi connectivity index (χ1v) is 13.8. The van der Waals surface area contributed by atoms with E-state index in [9.17, 15) is 9.59 Å². The summed E-state index contributed by atoms with van der Waals surface area (Å²) in [5.74, 6) is -0.0609. The standard InChI is InChI=1S/C30H30ClN3O3S/c1-30(2,3)37-29(36)33-19-17-32(18-20-33)27(35)26-22-13-7-9-15-24(22)34(21-11-5-4-6-12-21)28(26)38-25-16-10-8-14-23(25)31/h4-16H,17-20H2,1-3H3. The normalized spacial score (nSPS) is 14.1. The summed E-state index contributed by atoms with van der Waals surface area (Å²) in [6.07, 6.45) is -0.347. The van der Waals surface area contributed by atoms with Crippen LogP contribution in [0.1, 0.15) is 31.1 Å². The number of para-hydroxylation sites is 2. The summed E-state index contributed by atoms with van der Waals surface area (Å²) in [6, 6.07) is 25.7. The van der Waals surface area contributed by atoms with Crippen molar-refractivity contribution in [1.29, 1.82) is 0 Å². The van der Waals surface area contributed by atoms with Crippen molar-refractivity contribution in [1.82, 2.24) is 14.4 Å². The minimum Gasteiger partial charge on any atom is -0.444 e. The molecule has 6 nitrogen and oxygen atoms in total. The van der Waals surface area contributed by atoms with Crippen LogP contribution in [0.15, 0.2) is 88.8 Å². The van der Waals surface area contributed by atoms with Crippen molar-refractivity contribution in [2.45, 2.75) is 36.3 Å². The molecule has 8 heteroatoms. The van der Waals surface area contributed by atoms with Crippen LogP contribution < -0.4 is 0 Å². The summed E-state index contributed by atoms with van der Waals surface area (Å²) < 4.78 is 7.66. The highest BCUT2D eigenvalue weighted by Gasteiger charge is 2.32. The van der Waals surface area contributed by atoms with E-state index >= 15 is 0 Å². The fraction of sp³-hybridized carbons (Fsp3) is 0.267. The van der Waals surface area contributed by atoms with Crippen LogP contribution in [-0.4, -0.2) is 58.1 Å². The van der Waals surface area contributed by atoms with Gasteiger partial charge in [-0.3, -0.25) is 4.79 Å². The first kappa shape index (κ1) is 26.2. The van der Waals surface area contributed by atoms with Crippen LogP contribution in [0.5, 0.6) is 0 Å². The van der Waals surface area contributed by atoms with Crippen molar-refractivity contribution in [3.05, 3.63) is 89.4 Å². The first-order valence-electron chi connectivity index (χ1n) is 12.6. The predicted octanol–water partition coefficient (Wildman–Crippen LogP) is 7.13. The maximum Gasteiger partial charge on any atom is 0.410 e. The fourth-order valence-electron chi connectivity index (χ4n) is 4.56. The largest absolute Gasteiger partial charge is 0.444 e. The number of aromatic nitrogens is 1. The first-order chi connectivity index (χ1) is 18.2. The highest BCUT2D eigenvalue weighted by Crippen LogP contribution is 2.42. The number of benzene rings is 3. The predicted molar refractivity (Wildman–Crippen MR) is 153 cm³/mol. The third-order valence-corrected chi connectivity index (χ3v) is 7.92. The third kappa shape index (κ3) is 5.40. The van der Waals surface area contributed by atoms with Crippen LogP contribution in [0.2, 0.25) is 5.02 Å². The molecule has 1 aliphatic rings. The molecule has 4 aromatic rings. The molecule has 0 radical (unpaired) electrons. The van der Waals surface area contributed by atoms with Crippen LogP contribution in [0.3, 0.4) is 0 Å². The second-order valence-electron chi connectivity index (χ2n) is 10.2. The van der Waals surface area contributed by atoms with Crippen molar-refractivity contribution in [3.8, 4) is 5.69 Å². The van der Waals surface area contributed by atoms with Gasteiger partial charge in [0.05, 0.1) is 21.1 Å². The van der Waals surface area contributed by atoms with E-state index in [2.05, 4.69) is 4.57 Å². The Morgan fingerprint density at radius 2 is 1.42 bits per heavy atom. The molecule has 0 N–H and O–H groups in total. The molecule has 2 heterocycles. The Morgan fingerprint density at radius 1 is 0.816 bits per heavy atom. The van der Waals surface area contributed by atoms with Crippen LogP contribution in [0.4, 0.5) is 4.79 Å². The lowest BCUT2D eigenvalue weighted by Crippen LogP contribution is -2.51. The quantitative estimate of drug-likeness (QED) is 0.273. The maximum atomic E-state index is 14.2. The topological polar surface area (TPSA) is 54.8 Å². The van der Waals surface area contributed by atoms with E-state index in [0.29, 0.717) is 36.8 Å². The number of amides is 2. The monoisotopic (exact) mass is 547 g/mol. The average Bonchev–Trinajstić information content (AvgIpc) is 3.23. The van der Waals surface area contributed by atoms with Gasteiger partial charge >= 0.3 is 6.09 Å². The van der Waals surface area contributed by atoms with E-state index in [4.69, 9.17) is 16.3 Å². The fourth-order valence-corrected chi connectivity index (χ4v) is 5.93. The number of halogens is 1. The Bertz CT molecular complexity index is 1470. The zero-order valence-electron chi connectivity index (χ0n) is 21.7. The molecule has 3 aromatic carbocycles. The summed E-state index contributed by atoms with van der Waals surface area (Å²) in [4.78, 5) is 31.1. The van der Waals surface area contributed by atoms with Crippen molar-refractivity contribution in [3.63, 3.8) is 0 Å². The molecular weight excluding hydrogens is 518 g/mol. The second kappa shape index (κ2) is 10.8. The zero-order chi connectivity index (χ0) is 26.9. The van der Waals surface area contributed by atoms with Gasteiger partial charge in [0.15, 0.2) is 0 Å². The van der Waals surface area contributed by atoms with Gasteiger partial charge in [0.1, 0.15) is 5.60 Å². The molecule has 196 valence electrons. The third-order valence-electron chi connectivity index (χ3n) is 6.32. The van der Waals surface area contributed by atoms with Crippen molar-refractivity contribution >= 4 is 46.3 Å². The molecule has 1 aliphatic heterocycles. The van der Waals surface area contributed by atoms with E-state index in [-0.39, 0.29) is 12.0 Å². The lowest BCUT2D eigenvalue weighted by Gasteiger charge is -2.35. The molecule has 1 aromatic heterocycles. The average molecular weight is 548 g/mol. The van der Waals surface area contributed by atoms with E-state index in [1.165, 1.54) is 11.8 Å². The van der Waals surface area contributed by atoms with E-state index in [1.54, 1.807) is 4.90 Å². The van der Waals surface area contributed by atoms with Gasteiger partial charge in [-0.15, -0.1) is 0 Å². The second-order valence-corrected chi connectivity index (χ2v) is 11.6. The molecule has 38 heavy (non-hydrogen) atoms. The summed E-state index contributed by atoms with van der Waals surface area (Å²) in [5.41, 5.74) is 1.99. The van der Waals surface area contributed by atoms with Crippen molar-refractivity contribution in [2.75, 3.05) is 26.2 Å². The molecule has 1 fully saturated rings. The Balaban J connectivity index is 1.54. The van der Waals surface area contributed by atoms with Gasteiger partial charge in [0.2, 0.25) is 0 Å². The van der Waals surface area contributed by atoms with Crippen LogP contribution in [-0.2, 0) is 4.74 Å². The molecule has 1 saturated heterocycles. The van der Waals surface area contributed by atoms with Gasteiger partial charge < -0.3 is 19.1 Å². The van der Waals surface area contributed by atoms with E-state index in [0.717, 1.165) is 26.5 Å². The summed E-state index contributed by atoms with van der Waals surface area (Å²) in [5, 5.41) is 2.32. The minimum atomic E-state index is -0.561. The highest BCUT2D eigenvalue weighted by atomic mass is 35.5. The van der Waals surface area contributed by atoms with E-state index < -0.39 is 5.60 Å². The maximum absolute atomic E-state index is 14.2. The van der Waals surface area contributed by atoms with Gasteiger partial charge in [-0.1, -0.05) is 71.9 Å². The number of hydrogen-bond donors (Lipinski definition) is 0. The molecule has 0 aliphatic carbocycles. The number of carbonyl (C=O) groups excluding carboxylic acids is 2. The zero-order valence-corrected chi connectivity index (χ0v) is 23.3.